The van der Waals surface area contributed by atoms with Crippen LogP contribution in [0.3, 0.4) is 0 Å². The Bertz CT molecular complexity index is 1080. The normalized spacial score (nSPS) is 13.8. The number of aromatic nitrogens is 1. The first kappa shape index (κ1) is 18.7. The molecule has 146 valence electrons. The number of piperidine rings is 1. The third-order valence-corrected chi connectivity index (χ3v) is 5.36. The van der Waals surface area contributed by atoms with Gasteiger partial charge in [0.2, 0.25) is 0 Å². The Labute approximate surface area is 170 Å². The largest absolute Gasteiger partial charge is 0.504 e. The maximum absolute atomic E-state index is 9.88. The molecule has 0 radical (unpaired) electrons. The Kier molecular flexibility index (Phi) is 5.01. The number of benzene rings is 2. The molecule has 0 amide bonds. The fourth-order valence-electron chi connectivity index (χ4n) is 3.78. The van der Waals surface area contributed by atoms with Crippen LogP contribution < -0.4 is 10.6 Å². The minimum Gasteiger partial charge on any atom is -0.504 e. The summed E-state index contributed by atoms with van der Waals surface area (Å²) in [6, 6.07) is 14.8. The number of pyridine rings is 1. The number of nitrogens with two attached hydrogens (primary N) is 1. The Morgan fingerprint density at radius 2 is 1.59 bits per heavy atom. The molecule has 4 N–H and O–H groups in total. The molecule has 4 rings (SSSR count). The van der Waals surface area contributed by atoms with Gasteiger partial charge in [0.15, 0.2) is 11.5 Å². The van der Waals surface area contributed by atoms with Gasteiger partial charge in [0, 0.05) is 29.9 Å². The van der Waals surface area contributed by atoms with Crippen LogP contribution in [0.1, 0.15) is 24.8 Å². The minimum atomic E-state index is -0.215. The van der Waals surface area contributed by atoms with Crippen LogP contribution >= 0.6 is 0 Å². The molecule has 0 bridgehead atoms. The first-order valence-corrected chi connectivity index (χ1v) is 9.71. The van der Waals surface area contributed by atoms with Crippen molar-refractivity contribution in [2.24, 2.45) is 0 Å². The summed E-state index contributed by atoms with van der Waals surface area (Å²) >= 11 is 0. The molecule has 1 aliphatic heterocycles. The molecule has 5 nitrogen and oxygen atoms in total. The van der Waals surface area contributed by atoms with Crippen molar-refractivity contribution in [1.29, 1.82) is 0 Å². The van der Waals surface area contributed by atoms with Crippen molar-refractivity contribution in [3.05, 3.63) is 54.1 Å². The Balaban J connectivity index is 1.74. The average Bonchev–Trinajstić information content (AvgIpc) is 2.76. The molecule has 29 heavy (non-hydrogen) atoms. The van der Waals surface area contributed by atoms with Gasteiger partial charge in [-0.2, -0.15) is 0 Å². The summed E-state index contributed by atoms with van der Waals surface area (Å²) in [7, 11) is 0. The zero-order chi connectivity index (χ0) is 20.4. The second-order valence-electron chi connectivity index (χ2n) is 7.26. The third-order valence-electron chi connectivity index (χ3n) is 5.36. The Hall–Kier alpha value is -3.65. The summed E-state index contributed by atoms with van der Waals surface area (Å²) in [5.41, 5.74) is 10.8. The van der Waals surface area contributed by atoms with Crippen LogP contribution in [0.5, 0.6) is 11.5 Å². The second-order valence-corrected chi connectivity index (χ2v) is 7.26. The highest BCUT2D eigenvalue weighted by Crippen LogP contribution is 2.35. The van der Waals surface area contributed by atoms with Gasteiger partial charge in [-0.25, -0.2) is 4.98 Å². The highest BCUT2D eigenvalue weighted by atomic mass is 16.3. The maximum atomic E-state index is 9.88. The molecule has 2 heterocycles. The Morgan fingerprint density at radius 3 is 2.24 bits per heavy atom. The van der Waals surface area contributed by atoms with Crippen LogP contribution in [0.15, 0.2) is 48.5 Å². The van der Waals surface area contributed by atoms with E-state index < -0.39 is 0 Å². The smallest absolute Gasteiger partial charge is 0.158 e. The molecular formula is C24H23N3O2. The summed E-state index contributed by atoms with van der Waals surface area (Å²) in [6.07, 6.45) is 9.43. The van der Waals surface area contributed by atoms with Crippen molar-refractivity contribution in [1.82, 2.24) is 4.98 Å². The van der Waals surface area contributed by atoms with Gasteiger partial charge in [-0.3, -0.25) is 0 Å². The minimum absolute atomic E-state index is 0.188. The number of nitrogens with zero attached hydrogens (tertiary/aromatic N) is 2. The van der Waals surface area contributed by atoms with Gasteiger partial charge in [-0.1, -0.05) is 24.1 Å². The highest BCUT2D eigenvalue weighted by Gasteiger charge is 2.15. The molecule has 2 aromatic carbocycles. The van der Waals surface area contributed by atoms with E-state index in [0.717, 1.165) is 18.7 Å². The lowest BCUT2D eigenvalue weighted by molar-refractivity contribution is 0.404. The van der Waals surface area contributed by atoms with Crippen LogP contribution in [0.4, 0.5) is 11.5 Å². The van der Waals surface area contributed by atoms with Crippen molar-refractivity contribution >= 4 is 11.5 Å². The molecule has 1 fully saturated rings. The fraction of sp³-hybridized carbons (Fsp3) is 0.208. The average molecular weight is 385 g/mol. The molecule has 3 aromatic rings. The van der Waals surface area contributed by atoms with Crippen molar-refractivity contribution in [2.75, 3.05) is 23.7 Å². The van der Waals surface area contributed by atoms with E-state index in [9.17, 15) is 10.2 Å². The number of hydrogen-bond donors (Lipinski definition) is 3. The lowest BCUT2D eigenvalue weighted by atomic mass is 9.97. The van der Waals surface area contributed by atoms with E-state index in [2.05, 4.69) is 27.9 Å². The van der Waals surface area contributed by atoms with Gasteiger partial charge < -0.3 is 20.8 Å². The molecule has 0 saturated carbocycles. The molecule has 0 spiro atoms. The monoisotopic (exact) mass is 385 g/mol. The number of anilines is 2. The van der Waals surface area contributed by atoms with E-state index in [0.29, 0.717) is 22.4 Å². The summed E-state index contributed by atoms with van der Waals surface area (Å²) in [4.78, 5) is 6.90. The molecule has 0 atom stereocenters. The number of rotatable bonds is 3. The van der Waals surface area contributed by atoms with E-state index in [1.165, 1.54) is 37.1 Å². The summed E-state index contributed by atoms with van der Waals surface area (Å²) in [5.74, 6) is 2.44. The quantitative estimate of drug-likeness (QED) is 0.460. The first-order valence-electron chi connectivity index (χ1n) is 9.71. The maximum Gasteiger partial charge on any atom is 0.158 e. The molecule has 1 saturated heterocycles. The second kappa shape index (κ2) is 7.76. The SMILES string of the molecule is C#Cc1c(-c2ccc(O)c(O)c2)cc(-c2ccc(N3CCCCC3)cc2)nc1N. The number of hydrogen-bond acceptors (Lipinski definition) is 5. The van der Waals surface area contributed by atoms with E-state index in [1.54, 1.807) is 6.07 Å². The van der Waals surface area contributed by atoms with Gasteiger partial charge in [-0.05, 0) is 55.2 Å². The summed E-state index contributed by atoms with van der Waals surface area (Å²) in [5, 5.41) is 19.5. The third kappa shape index (κ3) is 3.70. The van der Waals surface area contributed by atoms with Crippen LogP contribution in [0, 0.1) is 12.3 Å². The van der Waals surface area contributed by atoms with Crippen LogP contribution in [-0.2, 0) is 0 Å². The predicted octanol–water partition coefficient (Wildman–Crippen LogP) is 4.38. The first-order chi connectivity index (χ1) is 14.1. The van der Waals surface area contributed by atoms with Crippen LogP contribution in [-0.4, -0.2) is 28.3 Å². The van der Waals surface area contributed by atoms with E-state index in [-0.39, 0.29) is 17.3 Å². The highest BCUT2D eigenvalue weighted by molar-refractivity contribution is 5.81. The molecule has 0 aliphatic carbocycles. The predicted molar refractivity (Wildman–Crippen MR) is 117 cm³/mol. The molecule has 1 aliphatic rings. The summed E-state index contributed by atoms with van der Waals surface area (Å²) < 4.78 is 0. The van der Waals surface area contributed by atoms with Gasteiger partial charge in [-0.15, -0.1) is 6.42 Å². The number of nitrogen functional groups attached to an aromatic ring is 1. The zero-order valence-corrected chi connectivity index (χ0v) is 16.1. The molecule has 1 aromatic heterocycles. The lowest BCUT2D eigenvalue weighted by Crippen LogP contribution is -2.29. The topological polar surface area (TPSA) is 82.6 Å². The molecular weight excluding hydrogens is 362 g/mol. The number of terminal acetylenes is 1. The van der Waals surface area contributed by atoms with Gasteiger partial charge in [0.05, 0.1) is 11.3 Å². The van der Waals surface area contributed by atoms with Crippen molar-refractivity contribution in [3.63, 3.8) is 0 Å². The lowest BCUT2D eigenvalue weighted by Gasteiger charge is -2.28. The van der Waals surface area contributed by atoms with E-state index in [4.69, 9.17) is 12.2 Å². The number of aromatic hydroxyl groups is 2. The molecule has 5 heteroatoms. The van der Waals surface area contributed by atoms with Crippen molar-refractivity contribution in [3.8, 4) is 46.2 Å². The fourth-order valence-corrected chi connectivity index (χ4v) is 3.78. The van der Waals surface area contributed by atoms with Gasteiger partial charge in [0.25, 0.3) is 0 Å². The van der Waals surface area contributed by atoms with Crippen molar-refractivity contribution < 1.29 is 10.2 Å². The van der Waals surface area contributed by atoms with Crippen LogP contribution in [0.25, 0.3) is 22.4 Å². The standard InChI is InChI=1S/C24H23N3O2/c1-2-19-20(17-8-11-22(28)23(29)14-17)15-21(26-24(19)25)16-6-9-18(10-7-16)27-12-4-3-5-13-27/h1,6-11,14-15,28-29H,3-5,12-13H2,(H2,25,26). The van der Waals surface area contributed by atoms with Crippen molar-refractivity contribution in [2.45, 2.75) is 19.3 Å². The zero-order valence-electron chi connectivity index (χ0n) is 16.1. The Morgan fingerprint density at radius 1 is 0.897 bits per heavy atom. The van der Waals surface area contributed by atoms with Gasteiger partial charge >= 0.3 is 0 Å². The van der Waals surface area contributed by atoms with Gasteiger partial charge in [0.1, 0.15) is 5.82 Å². The number of phenolic OH excluding ortho intramolecular Hbond substituents is 2. The van der Waals surface area contributed by atoms with E-state index >= 15 is 0 Å². The summed E-state index contributed by atoms with van der Waals surface area (Å²) in [6.45, 7) is 2.19. The number of phenols is 2. The van der Waals surface area contributed by atoms with Crippen LogP contribution in [0.2, 0.25) is 0 Å². The molecule has 0 unspecified atom stereocenters. The van der Waals surface area contributed by atoms with E-state index in [1.807, 2.05) is 18.2 Å².